The SMILES string of the molecule is Cc1ccc(C(=O)[C@H](C)OC(=O)c2cccc(N3C(=O)[C@@H]4[C@H]5C=C[C@@H]([C@@H]6C[C@H]56)[C@H]4C3=O)c2)cc1. The number of hydrogen-bond acceptors (Lipinski definition) is 5. The molecule has 4 aliphatic carbocycles. The minimum absolute atomic E-state index is 0.142. The van der Waals surface area contributed by atoms with E-state index in [2.05, 4.69) is 12.2 Å². The van der Waals surface area contributed by atoms with Crippen molar-refractivity contribution in [2.24, 2.45) is 35.5 Å². The van der Waals surface area contributed by atoms with E-state index in [0.717, 1.165) is 12.0 Å². The van der Waals surface area contributed by atoms with E-state index in [1.165, 1.54) is 17.9 Å². The summed E-state index contributed by atoms with van der Waals surface area (Å²) in [5, 5.41) is 0. The first-order chi connectivity index (χ1) is 16.3. The molecular formula is C28H25NO5. The van der Waals surface area contributed by atoms with Crippen LogP contribution in [0.4, 0.5) is 5.69 Å². The Balaban J connectivity index is 1.21. The van der Waals surface area contributed by atoms with Gasteiger partial charge in [0.1, 0.15) is 0 Å². The molecule has 0 N–H and O–H groups in total. The number of amides is 2. The highest BCUT2D eigenvalue weighted by molar-refractivity contribution is 6.23. The molecule has 2 bridgehead atoms. The van der Waals surface area contributed by atoms with Crippen molar-refractivity contribution in [1.29, 1.82) is 0 Å². The van der Waals surface area contributed by atoms with Crippen molar-refractivity contribution >= 4 is 29.3 Å². The predicted octanol–water partition coefficient (Wildman–Crippen LogP) is 3.98. The van der Waals surface area contributed by atoms with Crippen LogP contribution in [0.15, 0.2) is 60.7 Å². The third kappa shape index (κ3) is 3.08. The van der Waals surface area contributed by atoms with E-state index >= 15 is 0 Å². The molecule has 7 atom stereocenters. The van der Waals surface area contributed by atoms with Crippen molar-refractivity contribution in [2.75, 3.05) is 4.90 Å². The highest BCUT2D eigenvalue weighted by atomic mass is 16.5. The number of ether oxygens (including phenoxy) is 1. The molecule has 5 aliphatic rings. The number of esters is 1. The van der Waals surface area contributed by atoms with Gasteiger partial charge in [0, 0.05) is 5.56 Å². The van der Waals surface area contributed by atoms with Crippen LogP contribution in [-0.2, 0) is 14.3 Å². The first kappa shape index (κ1) is 21.0. The topological polar surface area (TPSA) is 80.8 Å². The Labute approximate surface area is 197 Å². The molecule has 0 spiro atoms. The van der Waals surface area contributed by atoms with Crippen molar-refractivity contribution in [2.45, 2.75) is 26.4 Å². The first-order valence-electron chi connectivity index (χ1n) is 11.8. The maximum absolute atomic E-state index is 13.3. The zero-order valence-electron chi connectivity index (χ0n) is 19.0. The lowest BCUT2D eigenvalue weighted by atomic mass is 9.63. The minimum Gasteiger partial charge on any atom is -0.451 e. The second-order valence-electron chi connectivity index (χ2n) is 9.99. The van der Waals surface area contributed by atoms with Crippen LogP contribution in [0.3, 0.4) is 0 Å². The van der Waals surface area contributed by atoms with Crippen molar-refractivity contribution in [3.63, 3.8) is 0 Å². The number of carbonyl (C=O) groups excluding carboxylic acids is 4. The van der Waals surface area contributed by atoms with Crippen LogP contribution in [0.25, 0.3) is 0 Å². The van der Waals surface area contributed by atoms with Crippen LogP contribution in [0.1, 0.15) is 39.6 Å². The molecule has 1 heterocycles. The van der Waals surface area contributed by atoms with Gasteiger partial charge in [0.2, 0.25) is 17.6 Å². The molecule has 34 heavy (non-hydrogen) atoms. The maximum Gasteiger partial charge on any atom is 0.338 e. The molecule has 2 aromatic carbocycles. The number of nitrogens with zero attached hydrogens (tertiary/aromatic N) is 1. The quantitative estimate of drug-likeness (QED) is 0.295. The average molecular weight is 456 g/mol. The van der Waals surface area contributed by atoms with Gasteiger partial charge in [-0.25, -0.2) is 9.69 Å². The molecule has 1 aliphatic heterocycles. The van der Waals surface area contributed by atoms with Crippen molar-refractivity contribution in [3.8, 4) is 0 Å². The molecule has 2 saturated carbocycles. The third-order valence-corrected chi connectivity index (χ3v) is 7.99. The van der Waals surface area contributed by atoms with E-state index in [9.17, 15) is 19.2 Å². The Morgan fingerprint density at radius 3 is 2.15 bits per heavy atom. The van der Waals surface area contributed by atoms with E-state index in [-0.39, 0.29) is 46.8 Å². The predicted molar refractivity (Wildman–Crippen MR) is 124 cm³/mol. The number of anilines is 1. The second kappa shape index (κ2) is 7.49. The van der Waals surface area contributed by atoms with Crippen LogP contribution in [0, 0.1) is 42.4 Å². The number of Topliss-reactive ketones (excluding diaryl/α,β-unsaturated/α-hetero) is 1. The van der Waals surface area contributed by atoms with Gasteiger partial charge in [-0.1, -0.05) is 48.0 Å². The zero-order valence-corrected chi connectivity index (χ0v) is 19.0. The van der Waals surface area contributed by atoms with Crippen molar-refractivity contribution in [1.82, 2.24) is 0 Å². The molecular weight excluding hydrogens is 430 g/mol. The van der Waals surface area contributed by atoms with E-state index < -0.39 is 12.1 Å². The third-order valence-electron chi connectivity index (χ3n) is 7.99. The number of aryl methyl sites for hydroxylation is 1. The first-order valence-corrected chi connectivity index (χ1v) is 11.8. The van der Waals surface area contributed by atoms with Gasteiger partial charge < -0.3 is 4.74 Å². The molecule has 7 rings (SSSR count). The van der Waals surface area contributed by atoms with Gasteiger partial charge in [0.25, 0.3) is 0 Å². The standard InChI is InChI=1S/C28H25NO5/c1-14-6-8-16(9-7-14)25(30)15(2)34-28(33)17-4-3-5-18(12-17)29-26(31)23-19-10-11-20(22-13-21(19)22)24(23)27(29)32/h3-12,15,19-24H,13H2,1-2H3/t15-,19-,20-,21-,22+,23+,24+/m0/s1. The summed E-state index contributed by atoms with van der Waals surface area (Å²) in [6, 6.07) is 13.4. The number of benzene rings is 2. The van der Waals surface area contributed by atoms with E-state index in [4.69, 9.17) is 4.74 Å². The van der Waals surface area contributed by atoms with Crippen LogP contribution in [0.2, 0.25) is 0 Å². The number of carbonyl (C=O) groups is 4. The van der Waals surface area contributed by atoms with Crippen molar-refractivity contribution in [3.05, 3.63) is 77.4 Å². The van der Waals surface area contributed by atoms with E-state index in [0.29, 0.717) is 23.1 Å². The van der Waals surface area contributed by atoms with Crippen LogP contribution < -0.4 is 4.90 Å². The number of hydrogen-bond donors (Lipinski definition) is 0. The normalized spacial score (nSPS) is 31.2. The summed E-state index contributed by atoms with van der Waals surface area (Å²) in [6.45, 7) is 3.47. The number of ketones is 1. The number of rotatable bonds is 5. The molecule has 2 aromatic rings. The Morgan fingerprint density at radius 2 is 1.53 bits per heavy atom. The minimum atomic E-state index is -0.967. The summed E-state index contributed by atoms with van der Waals surface area (Å²) in [5.74, 6) is -0.561. The number of imide groups is 1. The highest BCUT2D eigenvalue weighted by Gasteiger charge is 2.67. The monoisotopic (exact) mass is 455 g/mol. The van der Waals surface area contributed by atoms with Crippen LogP contribution >= 0.6 is 0 Å². The maximum atomic E-state index is 13.3. The highest BCUT2D eigenvalue weighted by Crippen LogP contribution is 2.65. The molecule has 1 saturated heterocycles. The molecule has 2 amide bonds. The fourth-order valence-corrected chi connectivity index (χ4v) is 6.22. The van der Waals surface area contributed by atoms with Gasteiger partial charge in [0.05, 0.1) is 23.1 Å². The van der Waals surface area contributed by atoms with E-state index in [1.54, 1.807) is 30.3 Å². The van der Waals surface area contributed by atoms with E-state index in [1.807, 2.05) is 19.1 Å². The lowest BCUT2D eigenvalue weighted by Crippen LogP contribution is -2.40. The van der Waals surface area contributed by atoms with Crippen LogP contribution in [0.5, 0.6) is 0 Å². The molecule has 6 nitrogen and oxygen atoms in total. The summed E-state index contributed by atoms with van der Waals surface area (Å²) in [6.07, 6.45) is 4.41. The van der Waals surface area contributed by atoms with Gasteiger partial charge in [-0.15, -0.1) is 0 Å². The molecule has 172 valence electrons. The molecule has 6 heteroatoms. The second-order valence-corrected chi connectivity index (χ2v) is 9.99. The summed E-state index contributed by atoms with van der Waals surface area (Å²) in [5.41, 5.74) is 2.08. The molecule has 0 aromatic heterocycles. The Bertz CT molecular complexity index is 1230. The Kier molecular flexibility index (Phi) is 4.63. The average Bonchev–Trinajstić information content (AvgIpc) is 3.62. The fraction of sp³-hybridized carbons (Fsp3) is 0.357. The van der Waals surface area contributed by atoms with Gasteiger partial charge in [-0.2, -0.15) is 0 Å². The van der Waals surface area contributed by atoms with Gasteiger partial charge in [-0.3, -0.25) is 14.4 Å². The largest absolute Gasteiger partial charge is 0.451 e. The zero-order chi connectivity index (χ0) is 23.7. The Morgan fingerprint density at radius 1 is 0.912 bits per heavy atom. The lowest BCUT2D eigenvalue weighted by molar-refractivity contribution is -0.124. The summed E-state index contributed by atoms with van der Waals surface area (Å²) >= 11 is 0. The lowest BCUT2D eigenvalue weighted by Gasteiger charge is -2.37. The molecule has 0 radical (unpaired) electrons. The molecule has 3 fully saturated rings. The summed E-state index contributed by atoms with van der Waals surface area (Å²) in [4.78, 5) is 53.4. The summed E-state index contributed by atoms with van der Waals surface area (Å²) in [7, 11) is 0. The van der Waals surface area contributed by atoms with Gasteiger partial charge in [0.15, 0.2) is 6.10 Å². The number of allylic oxidation sites excluding steroid dienone is 2. The van der Waals surface area contributed by atoms with Crippen LogP contribution in [-0.4, -0.2) is 29.7 Å². The smallest absolute Gasteiger partial charge is 0.338 e. The van der Waals surface area contributed by atoms with Gasteiger partial charge in [-0.05, 0) is 62.1 Å². The Hall–Kier alpha value is -3.54. The van der Waals surface area contributed by atoms with Crippen molar-refractivity contribution < 1.29 is 23.9 Å². The van der Waals surface area contributed by atoms with Gasteiger partial charge >= 0.3 is 5.97 Å². The fourth-order valence-electron chi connectivity index (χ4n) is 6.22. The summed E-state index contributed by atoms with van der Waals surface area (Å²) < 4.78 is 5.43. The molecule has 0 unspecified atom stereocenters.